The van der Waals surface area contributed by atoms with Crippen LogP contribution < -0.4 is 14.8 Å². The van der Waals surface area contributed by atoms with Gasteiger partial charge in [0.1, 0.15) is 16.5 Å². The van der Waals surface area contributed by atoms with Crippen molar-refractivity contribution in [1.82, 2.24) is 4.98 Å². The highest BCUT2D eigenvalue weighted by Crippen LogP contribution is 2.34. The third-order valence-corrected chi connectivity index (χ3v) is 4.73. The van der Waals surface area contributed by atoms with E-state index in [-0.39, 0.29) is 12.3 Å². The molecule has 6 heteroatoms. The summed E-state index contributed by atoms with van der Waals surface area (Å²) in [6.45, 7) is 2.01. The summed E-state index contributed by atoms with van der Waals surface area (Å²) in [5, 5.41) is 5.56. The van der Waals surface area contributed by atoms with Crippen LogP contribution in [-0.4, -0.2) is 25.1 Å². The second kappa shape index (κ2) is 8.01. The summed E-state index contributed by atoms with van der Waals surface area (Å²) in [6, 6.07) is 13.3. The van der Waals surface area contributed by atoms with Gasteiger partial charge in [0.05, 0.1) is 26.3 Å². The van der Waals surface area contributed by atoms with E-state index in [2.05, 4.69) is 10.3 Å². The maximum absolute atomic E-state index is 12.2. The molecule has 1 aromatic heterocycles. The van der Waals surface area contributed by atoms with E-state index >= 15 is 0 Å². The Balaban J connectivity index is 1.73. The normalized spacial score (nSPS) is 10.4. The average Bonchev–Trinajstić information content (AvgIpc) is 3.11. The van der Waals surface area contributed by atoms with E-state index in [1.165, 1.54) is 11.3 Å². The zero-order chi connectivity index (χ0) is 18.5. The average molecular weight is 368 g/mol. The summed E-state index contributed by atoms with van der Waals surface area (Å²) < 4.78 is 10.7. The van der Waals surface area contributed by atoms with Crippen LogP contribution in [0, 0.1) is 6.92 Å². The van der Waals surface area contributed by atoms with Crippen molar-refractivity contribution in [3.63, 3.8) is 0 Å². The van der Waals surface area contributed by atoms with E-state index in [9.17, 15) is 4.79 Å². The number of rotatable bonds is 6. The van der Waals surface area contributed by atoms with Gasteiger partial charge in [0.2, 0.25) is 5.91 Å². The van der Waals surface area contributed by atoms with Gasteiger partial charge in [-0.15, -0.1) is 11.3 Å². The fraction of sp³-hybridized carbons (Fsp3) is 0.200. The Labute approximate surface area is 156 Å². The number of methoxy groups -OCH3 is 2. The fourth-order valence-corrected chi connectivity index (χ4v) is 3.30. The Morgan fingerprint density at radius 2 is 1.88 bits per heavy atom. The molecule has 0 bridgehead atoms. The summed E-state index contributed by atoms with van der Waals surface area (Å²) in [7, 11) is 3.24. The van der Waals surface area contributed by atoms with Crippen LogP contribution in [0.4, 0.5) is 5.69 Å². The molecule has 3 rings (SSSR count). The molecule has 0 fully saturated rings. The minimum absolute atomic E-state index is 0.0904. The van der Waals surface area contributed by atoms with E-state index < -0.39 is 0 Å². The first kappa shape index (κ1) is 17.9. The minimum atomic E-state index is -0.0904. The highest BCUT2D eigenvalue weighted by molar-refractivity contribution is 7.10. The van der Waals surface area contributed by atoms with Crippen LogP contribution in [-0.2, 0) is 11.2 Å². The van der Waals surface area contributed by atoms with Gasteiger partial charge in [0, 0.05) is 16.6 Å². The number of nitrogens with zero attached hydrogens (tertiary/aromatic N) is 1. The Bertz CT molecular complexity index is 904. The number of hydrogen-bond donors (Lipinski definition) is 1. The lowest BCUT2D eigenvalue weighted by atomic mass is 10.1. The van der Waals surface area contributed by atoms with Crippen molar-refractivity contribution in [3.05, 3.63) is 58.4 Å². The lowest BCUT2D eigenvalue weighted by Gasteiger charge is -2.08. The number of nitrogens with one attached hydrogen (secondary N) is 1. The maximum atomic E-state index is 12.2. The van der Waals surface area contributed by atoms with Crippen LogP contribution in [0.3, 0.4) is 0 Å². The summed E-state index contributed by atoms with van der Waals surface area (Å²) in [5.74, 6) is 1.35. The molecule has 0 aliphatic rings. The third-order valence-electron chi connectivity index (χ3n) is 3.88. The quantitative estimate of drug-likeness (QED) is 0.704. The second-order valence-electron chi connectivity index (χ2n) is 5.78. The molecule has 5 nitrogen and oxygen atoms in total. The number of aryl methyl sites for hydroxylation is 1. The van der Waals surface area contributed by atoms with Crippen molar-refractivity contribution < 1.29 is 14.3 Å². The Morgan fingerprint density at radius 3 is 2.58 bits per heavy atom. The van der Waals surface area contributed by atoms with Crippen LogP contribution in [0.2, 0.25) is 0 Å². The standard InChI is InChI=1S/C20H20N2O3S/c1-13-4-6-14(7-5-13)21-19(23)11-20-22-17(12-26-20)16-10-15(24-2)8-9-18(16)25-3/h4-10,12H,11H2,1-3H3,(H,21,23). The van der Waals surface area contributed by atoms with Crippen LogP contribution in [0.1, 0.15) is 10.6 Å². The molecule has 134 valence electrons. The van der Waals surface area contributed by atoms with Gasteiger partial charge in [-0.05, 0) is 37.3 Å². The van der Waals surface area contributed by atoms with E-state index in [4.69, 9.17) is 9.47 Å². The molecule has 0 atom stereocenters. The molecular weight excluding hydrogens is 348 g/mol. The third kappa shape index (κ3) is 4.21. The number of benzene rings is 2. The highest BCUT2D eigenvalue weighted by atomic mass is 32.1. The van der Waals surface area contributed by atoms with Crippen molar-refractivity contribution >= 4 is 22.9 Å². The zero-order valence-corrected chi connectivity index (χ0v) is 15.7. The first-order chi connectivity index (χ1) is 12.6. The van der Waals surface area contributed by atoms with Gasteiger partial charge in [-0.2, -0.15) is 0 Å². The molecule has 0 aliphatic carbocycles. The molecule has 3 aromatic rings. The van der Waals surface area contributed by atoms with Gasteiger partial charge in [0.15, 0.2) is 0 Å². The van der Waals surface area contributed by atoms with Gasteiger partial charge < -0.3 is 14.8 Å². The van der Waals surface area contributed by atoms with Crippen LogP contribution in [0.5, 0.6) is 11.5 Å². The van der Waals surface area contributed by atoms with E-state index in [1.54, 1.807) is 14.2 Å². The van der Waals surface area contributed by atoms with Gasteiger partial charge in [0.25, 0.3) is 0 Å². The summed E-state index contributed by atoms with van der Waals surface area (Å²) in [6.07, 6.45) is 0.227. The molecule has 0 spiro atoms. The van der Waals surface area contributed by atoms with Gasteiger partial charge in [-0.25, -0.2) is 4.98 Å². The van der Waals surface area contributed by atoms with Gasteiger partial charge >= 0.3 is 0 Å². The van der Waals surface area contributed by atoms with E-state index in [0.717, 1.165) is 33.3 Å². The number of anilines is 1. The van der Waals surface area contributed by atoms with Crippen LogP contribution >= 0.6 is 11.3 Å². The smallest absolute Gasteiger partial charge is 0.231 e. The van der Waals surface area contributed by atoms with Crippen molar-refractivity contribution in [1.29, 1.82) is 0 Å². The maximum Gasteiger partial charge on any atom is 0.231 e. The molecule has 0 saturated carbocycles. The number of aromatic nitrogens is 1. The molecule has 2 aromatic carbocycles. The van der Waals surface area contributed by atoms with Crippen LogP contribution in [0.15, 0.2) is 47.8 Å². The molecule has 1 amide bonds. The Hall–Kier alpha value is -2.86. The monoisotopic (exact) mass is 368 g/mol. The topological polar surface area (TPSA) is 60.5 Å². The van der Waals surface area contributed by atoms with Gasteiger partial charge in [-0.1, -0.05) is 17.7 Å². The molecule has 0 aliphatic heterocycles. The Kier molecular flexibility index (Phi) is 5.53. The number of amides is 1. The number of carbonyl (C=O) groups is 1. The first-order valence-corrected chi connectivity index (χ1v) is 9.00. The number of hydrogen-bond acceptors (Lipinski definition) is 5. The predicted molar refractivity (Wildman–Crippen MR) is 104 cm³/mol. The van der Waals surface area contributed by atoms with Crippen molar-refractivity contribution in [2.24, 2.45) is 0 Å². The Morgan fingerprint density at radius 1 is 1.12 bits per heavy atom. The minimum Gasteiger partial charge on any atom is -0.497 e. The molecule has 0 radical (unpaired) electrons. The molecule has 1 N–H and O–H groups in total. The van der Waals surface area contributed by atoms with E-state index in [0.29, 0.717) is 5.75 Å². The summed E-state index contributed by atoms with van der Waals surface area (Å²) >= 11 is 1.45. The number of carbonyl (C=O) groups excluding carboxylic acids is 1. The van der Waals surface area contributed by atoms with Crippen molar-refractivity contribution in [3.8, 4) is 22.8 Å². The SMILES string of the molecule is COc1ccc(OC)c(-c2csc(CC(=O)Nc3ccc(C)cc3)n2)c1. The molecular formula is C20H20N2O3S. The highest BCUT2D eigenvalue weighted by Gasteiger charge is 2.13. The predicted octanol–water partition coefficient (Wildman–Crippen LogP) is 4.32. The first-order valence-electron chi connectivity index (χ1n) is 8.12. The lowest BCUT2D eigenvalue weighted by Crippen LogP contribution is -2.14. The van der Waals surface area contributed by atoms with Crippen molar-refractivity contribution in [2.45, 2.75) is 13.3 Å². The van der Waals surface area contributed by atoms with Crippen molar-refractivity contribution in [2.75, 3.05) is 19.5 Å². The summed E-state index contributed by atoms with van der Waals surface area (Å²) in [5.41, 5.74) is 3.55. The molecule has 0 saturated heterocycles. The number of ether oxygens (including phenoxy) is 2. The summed E-state index contributed by atoms with van der Waals surface area (Å²) in [4.78, 5) is 16.8. The largest absolute Gasteiger partial charge is 0.497 e. The number of thiazole rings is 1. The molecule has 26 heavy (non-hydrogen) atoms. The van der Waals surface area contributed by atoms with E-state index in [1.807, 2.05) is 54.8 Å². The molecule has 1 heterocycles. The molecule has 0 unspecified atom stereocenters. The zero-order valence-electron chi connectivity index (χ0n) is 14.9. The lowest BCUT2D eigenvalue weighted by molar-refractivity contribution is -0.115. The van der Waals surface area contributed by atoms with Gasteiger partial charge in [-0.3, -0.25) is 4.79 Å². The second-order valence-corrected chi connectivity index (χ2v) is 6.73. The fourth-order valence-electron chi connectivity index (χ4n) is 2.51. The van der Waals surface area contributed by atoms with Crippen LogP contribution in [0.25, 0.3) is 11.3 Å².